The molecule has 1 fully saturated rings. The van der Waals surface area contributed by atoms with Crippen LogP contribution in [0.2, 0.25) is 0 Å². The summed E-state index contributed by atoms with van der Waals surface area (Å²) in [6, 6.07) is 21.5. The van der Waals surface area contributed by atoms with E-state index in [0.717, 1.165) is 59.6 Å². The van der Waals surface area contributed by atoms with E-state index in [0.29, 0.717) is 12.5 Å². The maximum Gasteiger partial charge on any atom is 0.223 e. The molecule has 1 unspecified atom stereocenters. The third-order valence-corrected chi connectivity index (χ3v) is 8.37. The van der Waals surface area contributed by atoms with Crippen LogP contribution in [0.1, 0.15) is 54.0 Å². The van der Waals surface area contributed by atoms with E-state index in [2.05, 4.69) is 98.6 Å². The highest BCUT2D eigenvalue weighted by Crippen LogP contribution is 2.44. The summed E-state index contributed by atoms with van der Waals surface area (Å²) >= 11 is 3.72. The minimum absolute atomic E-state index is 0.0802. The predicted octanol–water partition coefficient (Wildman–Crippen LogP) is 6.67. The van der Waals surface area contributed by atoms with Crippen molar-refractivity contribution in [2.75, 3.05) is 18.4 Å². The molecule has 1 amide bonds. The second-order valence-electron chi connectivity index (χ2n) is 10.5. The average molecular weight is 558 g/mol. The van der Waals surface area contributed by atoms with Crippen molar-refractivity contribution in [1.29, 1.82) is 0 Å². The van der Waals surface area contributed by atoms with Crippen LogP contribution >= 0.6 is 15.9 Å². The molecule has 37 heavy (non-hydrogen) atoms. The zero-order chi connectivity index (χ0) is 25.4. The molecule has 0 aliphatic heterocycles. The summed E-state index contributed by atoms with van der Waals surface area (Å²) in [5.74, 6) is 1.95. The number of amides is 1. The Kier molecular flexibility index (Phi) is 6.76. The number of aryl methyl sites for hydroxylation is 2. The normalized spacial score (nSPS) is 17.0. The lowest BCUT2D eigenvalue weighted by molar-refractivity contribution is -0.125. The number of hydrogen-bond donors (Lipinski definition) is 2. The van der Waals surface area contributed by atoms with Gasteiger partial charge in [0.15, 0.2) is 5.65 Å². The Hall–Kier alpha value is -3.12. The Balaban J connectivity index is 1.12. The first kappa shape index (κ1) is 24.2. The summed E-state index contributed by atoms with van der Waals surface area (Å²) in [5, 5.41) is 6.81. The van der Waals surface area contributed by atoms with E-state index in [4.69, 9.17) is 4.98 Å². The zero-order valence-corrected chi connectivity index (χ0v) is 22.9. The van der Waals surface area contributed by atoms with Crippen molar-refractivity contribution in [2.24, 2.45) is 5.92 Å². The Morgan fingerprint density at radius 3 is 2.65 bits per heavy atom. The summed E-state index contributed by atoms with van der Waals surface area (Å²) in [5.41, 5.74) is 8.40. The molecule has 5 nitrogen and oxygen atoms in total. The van der Waals surface area contributed by atoms with Gasteiger partial charge in [-0.1, -0.05) is 48.5 Å². The number of fused-ring (bicyclic) bond motifs is 2. The molecular formula is C31H33BrN4O. The summed E-state index contributed by atoms with van der Waals surface area (Å²) in [6.07, 6.45) is 6.15. The molecule has 4 aromatic rings. The number of anilines is 1. The number of aromatic nitrogens is 2. The molecule has 2 aromatic carbocycles. The highest BCUT2D eigenvalue weighted by atomic mass is 79.9. The molecule has 2 N–H and O–H groups in total. The zero-order valence-electron chi connectivity index (χ0n) is 21.3. The molecule has 0 bridgehead atoms. The van der Waals surface area contributed by atoms with Crippen molar-refractivity contribution in [3.63, 3.8) is 0 Å². The van der Waals surface area contributed by atoms with Crippen LogP contribution in [0.25, 0.3) is 16.9 Å². The largest absolute Gasteiger partial charge is 0.371 e. The van der Waals surface area contributed by atoms with E-state index in [-0.39, 0.29) is 11.8 Å². The Morgan fingerprint density at radius 2 is 1.81 bits per heavy atom. The summed E-state index contributed by atoms with van der Waals surface area (Å²) in [4.78, 5) is 17.9. The molecule has 6 rings (SSSR count). The molecule has 0 radical (unpaired) electrons. The van der Waals surface area contributed by atoms with E-state index >= 15 is 0 Å². The number of carbonyl (C=O) groups is 1. The molecule has 2 aromatic heterocycles. The van der Waals surface area contributed by atoms with Crippen molar-refractivity contribution < 1.29 is 4.79 Å². The fraction of sp³-hybridized carbons (Fsp3) is 0.355. The van der Waals surface area contributed by atoms with Gasteiger partial charge in [0.25, 0.3) is 0 Å². The van der Waals surface area contributed by atoms with Gasteiger partial charge in [-0.2, -0.15) is 0 Å². The van der Waals surface area contributed by atoms with Gasteiger partial charge < -0.3 is 10.6 Å². The fourth-order valence-electron chi connectivity index (χ4n) is 5.67. The maximum atomic E-state index is 12.8. The number of nitrogens with zero attached hydrogens (tertiary/aromatic N) is 2. The molecular weight excluding hydrogens is 524 g/mol. The quantitative estimate of drug-likeness (QED) is 0.238. The van der Waals surface area contributed by atoms with Crippen LogP contribution in [-0.2, 0) is 17.6 Å². The van der Waals surface area contributed by atoms with Crippen molar-refractivity contribution in [3.05, 3.63) is 87.5 Å². The third-order valence-electron chi connectivity index (χ3n) is 7.78. The van der Waals surface area contributed by atoms with E-state index in [9.17, 15) is 4.79 Å². The van der Waals surface area contributed by atoms with Gasteiger partial charge >= 0.3 is 0 Å². The lowest BCUT2D eigenvalue weighted by atomic mass is 9.83. The van der Waals surface area contributed by atoms with Gasteiger partial charge in [-0.15, -0.1) is 0 Å². The summed E-state index contributed by atoms with van der Waals surface area (Å²) in [7, 11) is 0. The van der Waals surface area contributed by atoms with Crippen molar-refractivity contribution in [2.45, 2.75) is 51.4 Å². The highest BCUT2D eigenvalue weighted by Gasteiger charge is 2.27. The van der Waals surface area contributed by atoms with E-state index in [1.165, 1.54) is 35.1 Å². The number of hydrogen-bond acceptors (Lipinski definition) is 3. The van der Waals surface area contributed by atoms with Crippen molar-refractivity contribution >= 4 is 33.3 Å². The first-order valence-electron chi connectivity index (χ1n) is 13.4. The van der Waals surface area contributed by atoms with Crippen LogP contribution in [0, 0.1) is 12.8 Å². The molecule has 1 atom stereocenters. The first-order chi connectivity index (χ1) is 18.1. The number of nitrogens with one attached hydrogen (secondary N) is 2. The van der Waals surface area contributed by atoms with Crippen LogP contribution in [0.3, 0.4) is 0 Å². The van der Waals surface area contributed by atoms with Gasteiger partial charge in [-0.3, -0.25) is 9.20 Å². The third kappa shape index (κ3) is 5.04. The molecule has 2 aliphatic rings. The first-order valence-corrected chi connectivity index (χ1v) is 14.2. The van der Waals surface area contributed by atoms with Crippen LogP contribution in [0.15, 0.2) is 65.1 Å². The van der Waals surface area contributed by atoms with Gasteiger partial charge in [-0.25, -0.2) is 4.98 Å². The molecule has 2 aliphatic carbocycles. The molecule has 1 saturated carbocycles. The summed E-state index contributed by atoms with van der Waals surface area (Å²) in [6.45, 7) is 3.54. The van der Waals surface area contributed by atoms with E-state index in [1.54, 1.807) is 0 Å². The van der Waals surface area contributed by atoms with Gasteiger partial charge in [0.2, 0.25) is 5.91 Å². The highest BCUT2D eigenvalue weighted by molar-refractivity contribution is 9.10. The lowest BCUT2D eigenvalue weighted by Gasteiger charge is -2.23. The Morgan fingerprint density at radius 1 is 1.03 bits per heavy atom. The molecule has 0 saturated heterocycles. The van der Waals surface area contributed by atoms with Crippen molar-refractivity contribution in [1.82, 2.24) is 14.7 Å². The number of carbonyl (C=O) groups excluding carboxylic acids is 1. The smallest absolute Gasteiger partial charge is 0.223 e. The van der Waals surface area contributed by atoms with E-state index in [1.807, 2.05) is 0 Å². The molecule has 2 heterocycles. The number of benzene rings is 2. The predicted molar refractivity (Wildman–Crippen MR) is 153 cm³/mol. The minimum atomic E-state index is 0.0802. The lowest BCUT2D eigenvalue weighted by Crippen LogP contribution is -2.35. The number of rotatable bonds is 8. The second kappa shape index (κ2) is 10.3. The molecule has 190 valence electrons. The van der Waals surface area contributed by atoms with E-state index < -0.39 is 0 Å². The van der Waals surface area contributed by atoms with Gasteiger partial charge in [-0.05, 0) is 90.1 Å². The SMILES string of the molecule is Cc1cc(Br)c2nc(-c3ccccc3C3CC3)cc(NCCCNC(=O)C3CCc4ccccc4C3)n12. The fourth-order valence-corrected chi connectivity index (χ4v) is 6.26. The van der Waals surface area contributed by atoms with Gasteiger partial charge in [0, 0.05) is 36.3 Å². The molecule has 0 spiro atoms. The minimum Gasteiger partial charge on any atom is -0.371 e. The Bertz CT molecular complexity index is 1460. The second-order valence-corrected chi connectivity index (χ2v) is 11.3. The molecule has 6 heteroatoms. The standard InChI is InChI=1S/C31H33BrN4O/c1-20-17-27(32)30-35-28(26-10-5-4-9-25(26)22-12-13-22)19-29(36(20)30)33-15-6-16-34-31(37)24-14-11-21-7-2-3-8-23(21)18-24/h2-5,7-10,17,19,22,24,33H,6,11-16,18H2,1H3,(H,34,37). The monoisotopic (exact) mass is 556 g/mol. The van der Waals surface area contributed by atoms with Crippen LogP contribution in [0.4, 0.5) is 5.82 Å². The topological polar surface area (TPSA) is 58.4 Å². The summed E-state index contributed by atoms with van der Waals surface area (Å²) < 4.78 is 3.17. The maximum absolute atomic E-state index is 12.8. The van der Waals surface area contributed by atoms with Crippen molar-refractivity contribution in [3.8, 4) is 11.3 Å². The number of halogens is 1. The van der Waals surface area contributed by atoms with Gasteiger partial charge in [0.1, 0.15) is 5.82 Å². The van der Waals surface area contributed by atoms with Crippen LogP contribution < -0.4 is 10.6 Å². The van der Waals surface area contributed by atoms with Crippen LogP contribution in [-0.4, -0.2) is 28.4 Å². The Labute approximate surface area is 226 Å². The average Bonchev–Trinajstić information content (AvgIpc) is 3.73. The van der Waals surface area contributed by atoms with Crippen LogP contribution in [0.5, 0.6) is 0 Å². The van der Waals surface area contributed by atoms with Gasteiger partial charge in [0.05, 0.1) is 10.2 Å².